The van der Waals surface area contributed by atoms with Gasteiger partial charge in [-0.3, -0.25) is 4.79 Å². The fourth-order valence-corrected chi connectivity index (χ4v) is 1.05. The summed E-state index contributed by atoms with van der Waals surface area (Å²) >= 11 is 0. The largest absolute Gasteiger partial charge is 0.508 e. The number of phenolic OH excluding ortho intramolecular Hbond substituents is 1. The topological polar surface area (TPSA) is 46.5 Å². The highest BCUT2D eigenvalue weighted by atomic mass is 16.5. The third-order valence-corrected chi connectivity index (χ3v) is 1.86. The highest BCUT2D eigenvalue weighted by Gasteiger charge is 2.23. The van der Waals surface area contributed by atoms with Gasteiger partial charge in [0.05, 0.1) is 5.41 Å². The van der Waals surface area contributed by atoms with Crippen molar-refractivity contribution in [3.63, 3.8) is 0 Å². The number of rotatable bonds is 1. The molecule has 1 aromatic rings. The Morgan fingerprint density at radius 3 is 2.33 bits per heavy atom. The average Bonchev–Trinajstić information content (AvgIpc) is 1.99. The SMILES string of the molecule is Cc1cc(O)cc(OC(=O)C(C)(C)C)c1. The van der Waals surface area contributed by atoms with Crippen LogP contribution in [0.15, 0.2) is 18.2 Å². The summed E-state index contributed by atoms with van der Waals surface area (Å²) < 4.78 is 5.14. The van der Waals surface area contributed by atoms with Gasteiger partial charge in [0.15, 0.2) is 0 Å². The Morgan fingerprint density at radius 1 is 1.27 bits per heavy atom. The summed E-state index contributed by atoms with van der Waals surface area (Å²) in [6.07, 6.45) is 0. The van der Waals surface area contributed by atoms with Crippen LogP contribution in [0.1, 0.15) is 26.3 Å². The maximum absolute atomic E-state index is 11.6. The molecule has 0 fully saturated rings. The number of hydrogen-bond donors (Lipinski definition) is 1. The van der Waals surface area contributed by atoms with E-state index in [0.29, 0.717) is 5.75 Å². The first-order valence-electron chi connectivity index (χ1n) is 4.82. The summed E-state index contributed by atoms with van der Waals surface area (Å²) in [6.45, 7) is 7.18. The van der Waals surface area contributed by atoms with Crippen molar-refractivity contribution in [2.75, 3.05) is 0 Å². The number of phenols is 1. The monoisotopic (exact) mass is 208 g/mol. The van der Waals surface area contributed by atoms with Crippen molar-refractivity contribution in [1.82, 2.24) is 0 Å². The molecule has 1 aromatic carbocycles. The van der Waals surface area contributed by atoms with Gasteiger partial charge in [0.2, 0.25) is 0 Å². The fraction of sp³-hybridized carbons (Fsp3) is 0.417. The van der Waals surface area contributed by atoms with Gasteiger partial charge in [-0.25, -0.2) is 0 Å². The second-order valence-electron chi connectivity index (χ2n) is 4.64. The third kappa shape index (κ3) is 3.27. The molecule has 0 aliphatic heterocycles. The van der Waals surface area contributed by atoms with E-state index in [2.05, 4.69) is 0 Å². The maximum atomic E-state index is 11.6. The fourth-order valence-electron chi connectivity index (χ4n) is 1.05. The minimum absolute atomic E-state index is 0.103. The van der Waals surface area contributed by atoms with Crippen LogP contribution in [-0.4, -0.2) is 11.1 Å². The Bertz CT molecular complexity index is 355. The minimum atomic E-state index is -0.542. The van der Waals surface area contributed by atoms with Crippen LogP contribution in [0.5, 0.6) is 11.5 Å². The van der Waals surface area contributed by atoms with Crippen LogP contribution in [0.2, 0.25) is 0 Å². The van der Waals surface area contributed by atoms with E-state index >= 15 is 0 Å². The Labute approximate surface area is 89.7 Å². The summed E-state index contributed by atoms with van der Waals surface area (Å²) in [5.41, 5.74) is 0.311. The van der Waals surface area contributed by atoms with Gasteiger partial charge in [0, 0.05) is 6.07 Å². The van der Waals surface area contributed by atoms with Crippen molar-refractivity contribution < 1.29 is 14.6 Å². The molecule has 1 rings (SSSR count). The first-order valence-corrected chi connectivity index (χ1v) is 4.82. The Hall–Kier alpha value is -1.51. The molecule has 0 atom stereocenters. The van der Waals surface area contributed by atoms with Gasteiger partial charge < -0.3 is 9.84 Å². The zero-order valence-corrected chi connectivity index (χ0v) is 9.50. The summed E-state index contributed by atoms with van der Waals surface area (Å²) in [6, 6.07) is 4.74. The van der Waals surface area contributed by atoms with Crippen LogP contribution in [0.4, 0.5) is 0 Å². The molecule has 0 aliphatic carbocycles. The van der Waals surface area contributed by atoms with E-state index in [1.54, 1.807) is 32.9 Å². The predicted molar refractivity (Wildman–Crippen MR) is 57.9 cm³/mol. The summed E-state index contributed by atoms with van der Waals surface area (Å²) in [4.78, 5) is 11.6. The number of carbonyl (C=O) groups excluding carboxylic acids is 1. The Kier molecular flexibility index (Phi) is 3.03. The molecular formula is C12H16O3. The molecule has 0 aromatic heterocycles. The molecular weight excluding hydrogens is 192 g/mol. The molecule has 0 saturated heterocycles. The van der Waals surface area contributed by atoms with Gasteiger partial charge in [0.1, 0.15) is 11.5 Å². The van der Waals surface area contributed by atoms with Crippen molar-refractivity contribution in [2.45, 2.75) is 27.7 Å². The lowest BCUT2D eigenvalue weighted by Crippen LogP contribution is -2.25. The molecule has 0 unspecified atom stereocenters. The lowest BCUT2D eigenvalue weighted by molar-refractivity contribution is -0.142. The molecule has 0 bridgehead atoms. The molecule has 0 spiro atoms. The summed E-state index contributed by atoms with van der Waals surface area (Å²) in [5.74, 6) is 0.173. The van der Waals surface area contributed by atoms with Crippen LogP contribution in [0.25, 0.3) is 0 Å². The first kappa shape index (κ1) is 11.6. The zero-order chi connectivity index (χ0) is 11.6. The number of carbonyl (C=O) groups is 1. The number of hydrogen-bond acceptors (Lipinski definition) is 3. The molecule has 1 N–H and O–H groups in total. The van der Waals surface area contributed by atoms with Gasteiger partial charge in [-0.15, -0.1) is 0 Å². The summed E-state index contributed by atoms with van der Waals surface area (Å²) in [7, 11) is 0. The molecule has 0 saturated carbocycles. The van der Waals surface area contributed by atoms with Crippen LogP contribution in [0, 0.1) is 12.3 Å². The lowest BCUT2D eigenvalue weighted by atomic mass is 9.97. The molecule has 15 heavy (non-hydrogen) atoms. The molecule has 0 aliphatic rings. The molecule has 0 radical (unpaired) electrons. The zero-order valence-electron chi connectivity index (χ0n) is 9.50. The highest BCUT2D eigenvalue weighted by molar-refractivity contribution is 5.78. The third-order valence-electron chi connectivity index (χ3n) is 1.86. The smallest absolute Gasteiger partial charge is 0.316 e. The van der Waals surface area contributed by atoms with Gasteiger partial charge in [-0.2, -0.15) is 0 Å². The van der Waals surface area contributed by atoms with Crippen LogP contribution in [0.3, 0.4) is 0 Å². The number of benzene rings is 1. The number of aryl methyl sites for hydroxylation is 1. The number of ether oxygens (including phenoxy) is 1. The normalized spacial score (nSPS) is 11.2. The van der Waals surface area contributed by atoms with E-state index in [1.807, 2.05) is 6.92 Å². The van der Waals surface area contributed by atoms with Gasteiger partial charge in [-0.1, -0.05) is 0 Å². The van der Waals surface area contributed by atoms with E-state index in [-0.39, 0.29) is 11.7 Å². The highest BCUT2D eigenvalue weighted by Crippen LogP contribution is 2.24. The Morgan fingerprint density at radius 2 is 1.87 bits per heavy atom. The summed E-state index contributed by atoms with van der Waals surface area (Å²) in [5, 5.41) is 9.32. The molecule has 0 amide bonds. The van der Waals surface area contributed by atoms with E-state index in [9.17, 15) is 9.90 Å². The quantitative estimate of drug-likeness (QED) is 0.570. The minimum Gasteiger partial charge on any atom is -0.508 e. The van der Waals surface area contributed by atoms with E-state index in [1.165, 1.54) is 6.07 Å². The van der Waals surface area contributed by atoms with E-state index in [0.717, 1.165) is 5.56 Å². The van der Waals surface area contributed by atoms with Crippen molar-refractivity contribution in [2.24, 2.45) is 5.41 Å². The second-order valence-corrected chi connectivity index (χ2v) is 4.64. The van der Waals surface area contributed by atoms with Crippen LogP contribution in [-0.2, 0) is 4.79 Å². The molecule has 82 valence electrons. The van der Waals surface area contributed by atoms with Gasteiger partial charge >= 0.3 is 5.97 Å². The maximum Gasteiger partial charge on any atom is 0.316 e. The Balaban J connectivity index is 2.86. The second kappa shape index (κ2) is 3.93. The molecule has 0 heterocycles. The van der Waals surface area contributed by atoms with Crippen molar-refractivity contribution >= 4 is 5.97 Å². The average molecular weight is 208 g/mol. The standard InChI is InChI=1S/C12H16O3/c1-8-5-9(13)7-10(6-8)15-11(14)12(2,3)4/h5-7,13H,1-4H3. The van der Waals surface area contributed by atoms with E-state index in [4.69, 9.17) is 4.74 Å². The predicted octanol–water partition coefficient (Wildman–Crippen LogP) is 2.65. The van der Waals surface area contributed by atoms with Gasteiger partial charge in [0.25, 0.3) is 0 Å². The van der Waals surface area contributed by atoms with Crippen LogP contribution < -0.4 is 4.74 Å². The number of aromatic hydroxyl groups is 1. The molecule has 3 heteroatoms. The van der Waals surface area contributed by atoms with Crippen molar-refractivity contribution in [3.05, 3.63) is 23.8 Å². The van der Waals surface area contributed by atoms with E-state index < -0.39 is 5.41 Å². The van der Waals surface area contributed by atoms with Crippen molar-refractivity contribution in [1.29, 1.82) is 0 Å². The lowest BCUT2D eigenvalue weighted by Gasteiger charge is -2.16. The molecule has 3 nitrogen and oxygen atoms in total. The van der Waals surface area contributed by atoms with Crippen molar-refractivity contribution in [3.8, 4) is 11.5 Å². The van der Waals surface area contributed by atoms with Gasteiger partial charge in [-0.05, 0) is 45.4 Å². The number of esters is 1. The first-order chi connectivity index (χ1) is 6.79. The van der Waals surface area contributed by atoms with Crippen LogP contribution >= 0.6 is 0 Å².